The highest BCUT2D eigenvalue weighted by Crippen LogP contribution is 1.87. The van der Waals surface area contributed by atoms with Gasteiger partial charge in [0.1, 0.15) is 0 Å². The number of ether oxygens (including phenoxy) is 1. The molecule has 0 amide bonds. The van der Waals surface area contributed by atoms with E-state index < -0.39 is 0 Å². The van der Waals surface area contributed by atoms with Gasteiger partial charge in [0, 0.05) is 26.2 Å². The zero-order chi connectivity index (χ0) is 10.6. The van der Waals surface area contributed by atoms with Crippen LogP contribution in [0, 0.1) is 0 Å². The molecule has 0 fully saturated rings. The molecule has 0 saturated carbocycles. The second kappa shape index (κ2) is 10.7. The van der Waals surface area contributed by atoms with Gasteiger partial charge in [0.25, 0.3) is 0 Å². The fourth-order valence-corrected chi connectivity index (χ4v) is 1.16. The molecule has 0 radical (unpaired) electrons. The van der Waals surface area contributed by atoms with Crippen LogP contribution in [0.5, 0.6) is 0 Å². The smallest absolute Gasteiger partial charge is 0.0587 e. The summed E-state index contributed by atoms with van der Waals surface area (Å²) in [5.74, 6) is 0. The first-order valence-corrected chi connectivity index (χ1v) is 5.35. The van der Waals surface area contributed by atoms with E-state index in [1.165, 1.54) is 6.42 Å². The molecule has 3 nitrogen and oxygen atoms in total. The number of rotatable bonds is 10. The van der Waals surface area contributed by atoms with E-state index in [-0.39, 0.29) is 0 Å². The van der Waals surface area contributed by atoms with Crippen LogP contribution in [-0.4, -0.2) is 39.4 Å². The van der Waals surface area contributed by atoms with E-state index in [2.05, 4.69) is 24.1 Å². The number of hydrogen-bond acceptors (Lipinski definition) is 3. The molecule has 0 rings (SSSR count). The summed E-state index contributed by atoms with van der Waals surface area (Å²) in [6.07, 6.45) is 4.23. The number of methoxy groups -OCH3 is 1. The molecule has 1 atom stereocenters. The topological polar surface area (TPSA) is 33.3 Å². The van der Waals surface area contributed by atoms with Crippen LogP contribution in [0.1, 0.15) is 19.8 Å². The third kappa shape index (κ3) is 9.71. The molecule has 0 saturated heterocycles. The molecule has 0 aliphatic heterocycles. The average Bonchev–Trinajstić information content (AvgIpc) is 2.19. The van der Waals surface area contributed by atoms with Crippen molar-refractivity contribution in [3.8, 4) is 0 Å². The first kappa shape index (κ1) is 13.6. The zero-order valence-corrected chi connectivity index (χ0v) is 9.51. The molecule has 0 spiro atoms. The first-order chi connectivity index (χ1) is 6.81. The summed E-state index contributed by atoms with van der Waals surface area (Å²) in [4.78, 5) is 0. The van der Waals surface area contributed by atoms with E-state index in [4.69, 9.17) is 4.74 Å². The van der Waals surface area contributed by atoms with Crippen molar-refractivity contribution in [1.82, 2.24) is 10.6 Å². The molecule has 2 N–H and O–H groups in total. The van der Waals surface area contributed by atoms with Crippen LogP contribution in [0.3, 0.4) is 0 Å². The van der Waals surface area contributed by atoms with E-state index in [1.54, 1.807) is 7.11 Å². The number of unbranched alkanes of at least 4 members (excludes halogenated alkanes) is 1. The molecule has 84 valence electrons. The van der Waals surface area contributed by atoms with E-state index in [1.807, 2.05) is 6.08 Å². The first-order valence-electron chi connectivity index (χ1n) is 5.35. The van der Waals surface area contributed by atoms with Crippen molar-refractivity contribution in [2.24, 2.45) is 0 Å². The van der Waals surface area contributed by atoms with Crippen LogP contribution in [0.2, 0.25) is 0 Å². The van der Waals surface area contributed by atoms with Crippen LogP contribution >= 0.6 is 0 Å². The minimum atomic E-state index is 0.525. The lowest BCUT2D eigenvalue weighted by Gasteiger charge is -2.14. The van der Waals surface area contributed by atoms with Gasteiger partial charge in [-0.2, -0.15) is 0 Å². The van der Waals surface area contributed by atoms with Crippen molar-refractivity contribution in [3.63, 3.8) is 0 Å². The van der Waals surface area contributed by atoms with Gasteiger partial charge < -0.3 is 15.4 Å². The predicted octanol–water partition coefficient (Wildman–Crippen LogP) is 1.17. The van der Waals surface area contributed by atoms with Crippen LogP contribution in [-0.2, 0) is 4.74 Å². The van der Waals surface area contributed by atoms with Gasteiger partial charge >= 0.3 is 0 Å². The van der Waals surface area contributed by atoms with Crippen LogP contribution in [0.4, 0.5) is 0 Å². The molecule has 0 aromatic rings. The standard InChI is InChI=1S/C11H24N2O/c1-4-5-6-7-13-11(2)10-12-8-9-14-3/h4,11-13H,1,5-10H2,2-3H3. The third-order valence-electron chi connectivity index (χ3n) is 2.01. The van der Waals surface area contributed by atoms with Crippen molar-refractivity contribution in [2.45, 2.75) is 25.8 Å². The predicted molar refractivity (Wildman–Crippen MR) is 61.6 cm³/mol. The highest BCUT2D eigenvalue weighted by atomic mass is 16.5. The second-order valence-corrected chi connectivity index (χ2v) is 3.48. The molecule has 0 aliphatic rings. The van der Waals surface area contributed by atoms with Crippen LogP contribution in [0.15, 0.2) is 12.7 Å². The van der Waals surface area contributed by atoms with E-state index in [0.29, 0.717) is 6.04 Å². The molecule has 0 aromatic carbocycles. The van der Waals surface area contributed by atoms with Crippen LogP contribution in [0.25, 0.3) is 0 Å². The molecular formula is C11H24N2O. The van der Waals surface area contributed by atoms with Gasteiger partial charge in [-0.05, 0) is 26.3 Å². The lowest BCUT2D eigenvalue weighted by atomic mass is 10.2. The average molecular weight is 200 g/mol. The molecule has 14 heavy (non-hydrogen) atoms. The summed E-state index contributed by atoms with van der Waals surface area (Å²) in [5, 5.41) is 6.76. The van der Waals surface area contributed by atoms with Gasteiger partial charge in [0.15, 0.2) is 0 Å². The van der Waals surface area contributed by atoms with Gasteiger partial charge in [-0.1, -0.05) is 6.08 Å². The monoisotopic (exact) mass is 200 g/mol. The van der Waals surface area contributed by atoms with Crippen molar-refractivity contribution < 1.29 is 4.74 Å². The van der Waals surface area contributed by atoms with Crippen molar-refractivity contribution in [3.05, 3.63) is 12.7 Å². The highest BCUT2D eigenvalue weighted by molar-refractivity contribution is 4.68. The largest absolute Gasteiger partial charge is 0.383 e. The molecule has 3 heteroatoms. The van der Waals surface area contributed by atoms with Crippen LogP contribution < -0.4 is 10.6 Å². The molecular weight excluding hydrogens is 176 g/mol. The molecule has 0 heterocycles. The quantitative estimate of drug-likeness (QED) is 0.410. The highest BCUT2D eigenvalue weighted by Gasteiger charge is 1.98. The Morgan fingerprint density at radius 3 is 2.86 bits per heavy atom. The fourth-order valence-electron chi connectivity index (χ4n) is 1.16. The minimum absolute atomic E-state index is 0.525. The van der Waals surface area contributed by atoms with Crippen molar-refractivity contribution in [2.75, 3.05) is 33.4 Å². The Morgan fingerprint density at radius 1 is 1.43 bits per heavy atom. The summed E-state index contributed by atoms with van der Waals surface area (Å²) in [7, 11) is 1.72. The van der Waals surface area contributed by atoms with E-state index in [0.717, 1.165) is 32.7 Å². The Hall–Kier alpha value is -0.380. The maximum atomic E-state index is 4.94. The Kier molecular flexibility index (Phi) is 10.4. The van der Waals surface area contributed by atoms with Gasteiger partial charge in [-0.3, -0.25) is 0 Å². The lowest BCUT2D eigenvalue weighted by Crippen LogP contribution is -2.37. The Labute approximate surface area is 87.9 Å². The number of hydrogen-bond donors (Lipinski definition) is 2. The van der Waals surface area contributed by atoms with E-state index >= 15 is 0 Å². The van der Waals surface area contributed by atoms with E-state index in [9.17, 15) is 0 Å². The summed E-state index contributed by atoms with van der Waals surface area (Å²) in [6, 6.07) is 0.525. The lowest BCUT2D eigenvalue weighted by molar-refractivity contribution is 0.198. The summed E-state index contributed by atoms with van der Waals surface area (Å²) < 4.78 is 4.94. The molecule has 0 aromatic heterocycles. The van der Waals surface area contributed by atoms with Gasteiger partial charge in [-0.15, -0.1) is 6.58 Å². The molecule has 1 unspecified atom stereocenters. The second-order valence-electron chi connectivity index (χ2n) is 3.48. The maximum absolute atomic E-state index is 4.94. The van der Waals surface area contributed by atoms with Crippen molar-refractivity contribution >= 4 is 0 Å². The minimum Gasteiger partial charge on any atom is -0.383 e. The third-order valence-corrected chi connectivity index (χ3v) is 2.01. The SMILES string of the molecule is C=CCCCNC(C)CNCCOC. The van der Waals surface area contributed by atoms with Gasteiger partial charge in [-0.25, -0.2) is 0 Å². The maximum Gasteiger partial charge on any atom is 0.0587 e. The van der Waals surface area contributed by atoms with Gasteiger partial charge in [0.2, 0.25) is 0 Å². The Bertz CT molecular complexity index is 128. The number of allylic oxidation sites excluding steroid dienone is 1. The normalized spacial score (nSPS) is 12.7. The zero-order valence-electron chi connectivity index (χ0n) is 9.51. The molecule has 0 bridgehead atoms. The Balaban J connectivity index is 3.10. The summed E-state index contributed by atoms with van der Waals surface area (Å²) >= 11 is 0. The number of nitrogens with one attached hydrogen (secondary N) is 2. The summed E-state index contributed by atoms with van der Waals surface area (Å²) in [5.41, 5.74) is 0. The van der Waals surface area contributed by atoms with Crippen molar-refractivity contribution in [1.29, 1.82) is 0 Å². The summed E-state index contributed by atoms with van der Waals surface area (Å²) in [6.45, 7) is 9.65. The molecule has 0 aliphatic carbocycles. The fraction of sp³-hybridized carbons (Fsp3) is 0.818. The van der Waals surface area contributed by atoms with Gasteiger partial charge in [0.05, 0.1) is 6.61 Å². The Morgan fingerprint density at radius 2 is 2.21 bits per heavy atom.